The Morgan fingerprint density at radius 3 is 2.38 bits per heavy atom. The van der Waals surface area contributed by atoms with Crippen molar-refractivity contribution in [2.24, 2.45) is 7.05 Å². The van der Waals surface area contributed by atoms with Crippen LogP contribution in [0.3, 0.4) is 0 Å². The van der Waals surface area contributed by atoms with E-state index in [1.54, 1.807) is 36.0 Å². The fourth-order valence-corrected chi connectivity index (χ4v) is 2.17. The van der Waals surface area contributed by atoms with Crippen LogP contribution in [-0.2, 0) is 11.8 Å². The van der Waals surface area contributed by atoms with E-state index in [0.29, 0.717) is 38.3 Å². The van der Waals surface area contributed by atoms with Gasteiger partial charge in [0.25, 0.3) is 11.5 Å². The molecule has 0 aliphatic carbocycles. The third-order valence-corrected chi connectivity index (χ3v) is 3.44. The number of ether oxygens (including phenoxy) is 1. The van der Waals surface area contributed by atoms with Crippen LogP contribution < -0.4 is 5.56 Å². The van der Waals surface area contributed by atoms with Crippen molar-refractivity contribution in [2.45, 2.75) is 6.92 Å². The normalized spacial score (nSPS) is 15.0. The SMILES string of the molecule is CCOC(=O)N1CCN(C(=O)c2ccn(C)c(=O)c2)CC1. The summed E-state index contributed by atoms with van der Waals surface area (Å²) in [4.78, 5) is 38.7. The van der Waals surface area contributed by atoms with Gasteiger partial charge in [-0.05, 0) is 13.0 Å². The lowest BCUT2D eigenvalue weighted by Gasteiger charge is -2.34. The third-order valence-electron chi connectivity index (χ3n) is 3.44. The van der Waals surface area contributed by atoms with Crippen molar-refractivity contribution in [1.29, 1.82) is 0 Å². The van der Waals surface area contributed by atoms with Crippen molar-refractivity contribution in [2.75, 3.05) is 32.8 Å². The number of carbonyl (C=O) groups is 2. The Balaban J connectivity index is 1.98. The lowest BCUT2D eigenvalue weighted by molar-refractivity contribution is 0.0570. The average Bonchev–Trinajstić information content (AvgIpc) is 2.50. The maximum atomic E-state index is 12.3. The first-order valence-electron chi connectivity index (χ1n) is 6.90. The van der Waals surface area contributed by atoms with Crippen LogP contribution in [0.4, 0.5) is 4.79 Å². The smallest absolute Gasteiger partial charge is 0.409 e. The topological polar surface area (TPSA) is 71.8 Å². The van der Waals surface area contributed by atoms with E-state index in [1.807, 2.05) is 0 Å². The number of hydrogen-bond donors (Lipinski definition) is 0. The molecule has 1 fully saturated rings. The minimum Gasteiger partial charge on any atom is -0.450 e. The van der Waals surface area contributed by atoms with E-state index in [-0.39, 0.29) is 17.6 Å². The number of rotatable bonds is 2. The summed E-state index contributed by atoms with van der Waals surface area (Å²) in [5.74, 6) is -0.184. The third kappa shape index (κ3) is 3.42. The summed E-state index contributed by atoms with van der Waals surface area (Å²) in [6.07, 6.45) is 1.22. The van der Waals surface area contributed by atoms with Crippen molar-refractivity contribution >= 4 is 12.0 Å². The van der Waals surface area contributed by atoms with E-state index in [2.05, 4.69) is 0 Å². The molecule has 0 radical (unpaired) electrons. The molecule has 2 rings (SSSR count). The Labute approximate surface area is 122 Å². The predicted molar refractivity (Wildman–Crippen MR) is 76.2 cm³/mol. The van der Waals surface area contributed by atoms with E-state index in [0.717, 1.165) is 0 Å². The van der Waals surface area contributed by atoms with Crippen LogP contribution >= 0.6 is 0 Å². The number of aryl methyl sites for hydroxylation is 1. The summed E-state index contributed by atoms with van der Waals surface area (Å²) in [6.45, 7) is 3.85. The van der Waals surface area contributed by atoms with Gasteiger partial charge in [-0.25, -0.2) is 4.79 Å². The molecule has 2 heterocycles. The summed E-state index contributed by atoms with van der Waals surface area (Å²) in [7, 11) is 1.63. The first-order chi connectivity index (χ1) is 10.0. The standard InChI is InChI=1S/C14H19N3O4/c1-3-21-14(20)17-8-6-16(7-9-17)13(19)11-4-5-15(2)12(18)10-11/h4-5,10H,3,6-9H2,1-2H3. The molecule has 0 spiro atoms. The number of nitrogens with zero attached hydrogens (tertiary/aromatic N) is 3. The van der Waals surface area contributed by atoms with Gasteiger partial charge in [-0.1, -0.05) is 0 Å². The molecule has 114 valence electrons. The number of pyridine rings is 1. The maximum Gasteiger partial charge on any atom is 0.409 e. The van der Waals surface area contributed by atoms with Gasteiger partial charge < -0.3 is 19.1 Å². The molecule has 0 bridgehead atoms. The van der Waals surface area contributed by atoms with Crippen molar-refractivity contribution in [1.82, 2.24) is 14.4 Å². The first kappa shape index (κ1) is 15.1. The molecule has 21 heavy (non-hydrogen) atoms. The Kier molecular flexibility index (Phi) is 4.62. The maximum absolute atomic E-state index is 12.3. The molecule has 0 atom stereocenters. The van der Waals surface area contributed by atoms with Gasteiger partial charge in [0.15, 0.2) is 0 Å². The van der Waals surface area contributed by atoms with Gasteiger partial charge >= 0.3 is 6.09 Å². The second kappa shape index (κ2) is 6.43. The fraction of sp³-hybridized carbons (Fsp3) is 0.500. The molecular formula is C14H19N3O4. The summed E-state index contributed by atoms with van der Waals surface area (Å²) < 4.78 is 6.34. The molecule has 7 heteroatoms. The first-order valence-corrected chi connectivity index (χ1v) is 6.90. The molecule has 0 aromatic carbocycles. The predicted octanol–water partition coefficient (Wildman–Crippen LogP) is 0.300. The Morgan fingerprint density at radius 2 is 1.81 bits per heavy atom. The molecule has 2 amide bonds. The van der Waals surface area contributed by atoms with Crippen LogP contribution in [0.15, 0.2) is 23.1 Å². The molecule has 1 aliphatic heterocycles. The van der Waals surface area contributed by atoms with Crippen LogP contribution in [0.5, 0.6) is 0 Å². The Hall–Kier alpha value is -2.31. The molecular weight excluding hydrogens is 274 g/mol. The molecule has 1 saturated heterocycles. The van der Waals surface area contributed by atoms with E-state index in [1.165, 1.54) is 10.6 Å². The van der Waals surface area contributed by atoms with Gasteiger partial charge in [-0.2, -0.15) is 0 Å². The van der Waals surface area contributed by atoms with Gasteiger partial charge in [-0.15, -0.1) is 0 Å². The second-order valence-electron chi connectivity index (χ2n) is 4.84. The van der Waals surface area contributed by atoms with Crippen LogP contribution in [0.25, 0.3) is 0 Å². The number of aromatic nitrogens is 1. The lowest BCUT2D eigenvalue weighted by Crippen LogP contribution is -2.50. The summed E-state index contributed by atoms with van der Waals surface area (Å²) >= 11 is 0. The van der Waals surface area contributed by atoms with E-state index < -0.39 is 0 Å². The highest BCUT2D eigenvalue weighted by Crippen LogP contribution is 2.08. The molecule has 0 N–H and O–H groups in total. The fourth-order valence-electron chi connectivity index (χ4n) is 2.17. The van der Waals surface area contributed by atoms with Gasteiger partial charge in [-0.3, -0.25) is 9.59 Å². The van der Waals surface area contributed by atoms with Crippen molar-refractivity contribution < 1.29 is 14.3 Å². The van der Waals surface area contributed by atoms with Crippen molar-refractivity contribution in [3.8, 4) is 0 Å². The number of hydrogen-bond acceptors (Lipinski definition) is 4. The van der Waals surface area contributed by atoms with Gasteiger partial charge in [0, 0.05) is 51.1 Å². The van der Waals surface area contributed by atoms with Gasteiger partial charge in [0.05, 0.1) is 6.61 Å². The highest BCUT2D eigenvalue weighted by atomic mass is 16.6. The van der Waals surface area contributed by atoms with E-state index >= 15 is 0 Å². The number of piperazine rings is 1. The molecule has 1 aliphatic rings. The minimum absolute atomic E-state index is 0.184. The van der Waals surface area contributed by atoms with Gasteiger partial charge in [0.2, 0.25) is 0 Å². The van der Waals surface area contributed by atoms with Crippen LogP contribution in [0, 0.1) is 0 Å². The summed E-state index contributed by atoms with van der Waals surface area (Å²) in [5.41, 5.74) is 0.161. The minimum atomic E-state index is -0.349. The number of amides is 2. The molecule has 1 aromatic rings. The Bertz CT molecular complexity index is 588. The zero-order chi connectivity index (χ0) is 15.4. The molecule has 1 aromatic heterocycles. The monoisotopic (exact) mass is 293 g/mol. The van der Waals surface area contributed by atoms with E-state index in [9.17, 15) is 14.4 Å². The molecule has 7 nitrogen and oxygen atoms in total. The highest BCUT2D eigenvalue weighted by Gasteiger charge is 2.25. The highest BCUT2D eigenvalue weighted by molar-refractivity contribution is 5.94. The van der Waals surface area contributed by atoms with Crippen molar-refractivity contribution in [3.05, 3.63) is 34.2 Å². The lowest BCUT2D eigenvalue weighted by atomic mass is 10.2. The number of carbonyl (C=O) groups excluding carboxylic acids is 2. The molecule has 0 saturated carbocycles. The summed E-state index contributed by atoms with van der Waals surface area (Å²) in [6, 6.07) is 2.96. The zero-order valence-corrected chi connectivity index (χ0v) is 12.2. The summed E-state index contributed by atoms with van der Waals surface area (Å²) in [5, 5.41) is 0. The second-order valence-corrected chi connectivity index (χ2v) is 4.84. The quantitative estimate of drug-likeness (QED) is 0.786. The molecule has 0 unspecified atom stereocenters. The van der Waals surface area contributed by atoms with Crippen LogP contribution in [0.1, 0.15) is 17.3 Å². The largest absolute Gasteiger partial charge is 0.450 e. The average molecular weight is 293 g/mol. The van der Waals surface area contributed by atoms with Crippen molar-refractivity contribution in [3.63, 3.8) is 0 Å². The van der Waals surface area contributed by atoms with Gasteiger partial charge in [0.1, 0.15) is 0 Å². The van der Waals surface area contributed by atoms with E-state index in [4.69, 9.17) is 4.74 Å². The Morgan fingerprint density at radius 1 is 1.19 bits per heavy atom. The van der Waals surface area contributed by atoms with Crippen LogP contribution in [-0.4, -0.2) is 59.2 Å². The van der Waals surface area contributed by atoms with Crippen LogP contribution in [0.2, 0.25) is 0 Å². The zero-order valence-electron chi connectivity index (χ0n) is 12.2.